The predicted molar refractivity (Wildman–Crippen MR) is 142 cm³/mol. The Balaban J connectivity index is 1.42. The Hall–Kier alpha value is -3.81. The Kier molecular flexibility index (Phi) is 7.30. The number of unbranched alkanes of at least 4 members (excludes halogenated alkanes) is 1. The quantitative estimate of drug-likeness (QED) is 0.381. The van der Waals surface area contributed by atoms with Crippen molar-refractivity contribution in [3.63, 3.8) is 0 Å². The molecule has 1 aromatic carbocycles. The lowest BCUT2D eigenvalue weighted by Crippen LogP contribution is -2.39. The summed E-state index contributed by atoms with van der Waals surface area (Å²) in [5, 5.41) is 12.0. The lowest BCUT2D eigenvalue weighted by atomic mass is 9.65. The number of aryl methyl sites for hydroxylation is 3. The fourth-order valence-electron chi connectivity index (χ4n) is 5.54. The summed E-state index contributed by atoms with van der Waals surface area (Å²) in [6.07, 6.45) is 9.98. The highest BCUT2D eigenvalue weighted by molar-refractivity contribution is 6.05. The van der Waals surface area contributed by atoms with E-state index in [2.05, 4.69) is 10.3 Å². The van der Waals surface area contributed by atoms with Gasteiger partial charge >= 0.3 is 0 Å². The van der Waals surface area contributed by atoms with Crippen molar-refractivity contribution < 1.29 is 18.8 Å². The zero-order chi connectivity index (χ0) is 26.9. The van der Waals surface area contributed by atoms with Crippen molar-refractivity contribution in [2.24, 2.45) is 17.1 Å². The largest absolute Gasteiger partial charge is 0.368 e. The number of rotatable bonds is 9. The van der Waals surface area contributed by atoms with Crippen LogP contribution in [0.15, 0.2) is 47.6 Å². The van der Waals surface area contributed by atoms with Gasteiger partial charge in [0.15, 0.2) is 5.78 Å². The number of allylic oxidation sites excluding steroid dienone is 4. The van der Waals surface area contributed by atoms with E-state index in [1.807, 2.05) is 32.9 Å². The van der Waals surface area contributed by atoms with Gasteiger partial charge in [0.2, 0.25) is 5.91 Å². The first kappa shape index (κ1) is 26.3. The van der Waals surface area contributed by atoms with Crippen molar-refractivity contribution in [3.05, 3.63) is 70.2 Å². The number of Topliss-reactive ketones (excluding diaryl/α,β-unsaturated/α-hetero) is 1. The highest BCUT2D eigenvalue weighted by atomic mass is 19.1. The lowest BCUT2D eigenvalue weighted by molar-refractivity contribution is -0.122. The molecule has 0 spiro atoms. The number of fused-ring (bicyclic) bond motifs is 2. The van der Waals surface area contributed by atoms with E-state index in [1.165, 1.54) is 6.07 Å². The predicted octanol–water partition coefficient (Wildman–Crippen LogP) is 4.28. The average Bonchev–Trinajstić information content (AvgIpc) is 3.18. The van der Waals surface area contributed by atoms with E-state index in [-0.39, 0.29) is 24.1 Å². The molecule has 2 atom stereocenters. The number of H-pyrrole nitrogens is 1. The number of aromatic amines is 1. The molecule has 0 aliphatic heterocycles. The molecule has 0 bridgehead atoms. The molecule has 2 amide bonds. The van der Waals surface area contributed by atoms with Crippen LogP contribution in [0.5, 0.6) is 0 Å². The number of nitrogens with one attached hydrogen (secondary N) is 3. The summed E-state index contributed by atoms with van der Waals surface area (Å²) >= 11 is 0. The number of carbonyl (C=O) groups excluding carboxylic acids is 3. The molecule has 7 nitrogen and oxygen atoms in total. The number of primary amides is 1. The summed E-state index contributed by atoms with van der Waals surface area (Å²) in [4.78, 5) is 39.7. The third-order valence-corrected chi connectivity index (χ3v) is 7.40. The number of ketones is 1. The van der Waals surface area contributed by atoms with Gasteiger partial charge in [-0.05, 0) is 55.9 Å². The van der Waals surface area contributed by atoms with Crippen LogP contribution in [0, 0.1) is 36.4 Å². The number of hydrogen-bond donors (Lipinski definition) is 4. The summed E-state index contributed by atoms with van der Waals surface area (Å²) in [5.41, 5.74) is 9.43. The fraction of sp³-hybridized carbons (Fsp3) is 0.379. The summed E-state index contributed by atoms with van der Waals surface area (Å²) in [6.45, 7) is 5.57. The van der Waals surface area contributed by atoms with E-state index < -0.39 is 17.2 Å². The van der Waals surface area contributed by atoms with Gasteiger partial charge in [-0.25, -0.2) is 4.39 Å². The minimum Gasteiger partial charge on any atom is -0.368 e. The maximum atomic E-state index is 14.2. The van der Waals surface area contributed by atoms with E-state index in [1.54, 1.807) is 18.2 Å². The third-order valence-electron chi connectivity index (χ3n) is 7.40. The number of aromatic nitrogens is 1. The molecular weight excluding hydrogens is 471 g/mol. The first-order valence-corrected chi connectivity index (χ1v) is 12.6. The van der Waals surface area contributed by atoms with Gasteiger partial charge in [-0.1, -0.05) is 37.3 Å². The van der Waals surface area contributed by atoms with Crippen molar-refractivity contribution in [2.45, 2.75) is 52.9 Å². The minimum atomic E-state index is -0.683. The summed E-state index contributed by atoms with van der Waals surface area (Å²) in [6, 6.07) is 3.27. The molecule has 1 heterocycles. The summed E-state index contributed by atoms with van der Waals surface area (Å²) < 4.78 is 14.2. The van der Waals surface area contributed by atoms with Crippen LogP contribution in [0.25, 0.3) is 10.9 Å². The first-order valence-electron chi connectivity index (χ1n) is 12.6. The molecule has 2 aliphatic rings. The van der Waals surface area contributed by atoms with E-state index in [0.717, 1.165) is 35.0 Å². The topological polar surface area (TPSA) is 129 Å². The third kappa shape index (κ3) is 5.33. The van der Waals surface area contributed by atoms with Crippen molar-refractivity contribution in [3.8, 4) is 0 Å². The fourth-order valence-corrected chi connectivity index (χ4v) is 5.54. The second-order valence-electron chi connectivity index (χ2n) is 10.3. The van der Waals surface area contributed by atoms with E-state index >= 15 is 0 Å². The van der Waals surface area contributed by atoms with E-state index in [0.29, 0.717) is 41.6 Å². The van der Waals surface area contributed by atoms with Gasteiger partial charge < -0.3 is 21.4 Å². The Morgan fingerprint density at radius 3 is 2.70 bits per heavy atom. The number of hydrogen-bond acceptors (Lipinski definition) is 4. The molecule has 0 fully saturated rings. The second-order valence-corrected chi connectivity index (χ2v) is 10.3. The minimum absolute atomic E-state index is 0.00461. The molecule has 37 heavy (non-hydrogen) atoms. The zero-order valence-electron chi connectivity index (χ0n) is 21.5. The van der Waals surface area contributed by atoms with Crippen LogP contribution < -0.4 is 11.1 Å². The second kappa shape index (κ2) is 10.3. The van der Waals surface area contributed by atoms with Crippen LogP contribution in [-0.4, -0.2) is 34.8 Å². The van der Waals surface area contributed by atoms with Crippen molar-refractivity contribution in [1.82, 2.24) is 10.3 Å². The number of benzene rings is 1. The van der Waals surface area contributed by atoms with Gasteiger partial charge in [0.1, 0.15) is 5.82 Å². The average molecular weight is 505 g/mol. The van der Waals surface area contributed by atoms with Crippen molar-refractivity contribution >= 4 is 34.2 Å². The van der Waals surface area contributed by atoms with Crippen LogP contribution in [0.1, 0.15) is 49.4 Å². The molecule has 8 heteroatoms. The first-order chi connectivity index (χ1) is 17.5. The van der Waals surface area contributed by atoms with Crippen molar-refractivity contribution in [2.75, 3.05) is 6.54 Å². The normalized spacial score (nSPS) is 20.9. The smallest absolute Gasteiger partial charge is 0.251 e. The van der Waals surface area contributed by atoms with Crippen LogP contribution >= 0.6 is 0 Å². The van der Waals surface area contributed by atoms with Crippen LogP contribution in [0.2, 0.25) is 0 Å². The molecular formula is C29H33FN4O3. The van der Waals surface area contributed by atoms with Crippen molar-refractivity contribution in [1.29, 1.82) is 5.41 Å². The molecule has 2 aromatic rings. The summed E-state index contributed by atoms with van der Waals surface area (Å²) in [7, 11) is 0. The molecule has 1 aromatic heterocycles. The highest BCUT2D eigenvalue weighted by Crippen LogP contribution is 2.43. The molecule has 0 saturated heterocycles. The van der Waals surface area contributed by atoms with Crippen LogP contribution in [0.4, 0.5) is 4.39 Å². The maximum absolute atomic E-state index is 14.2. The SMILES string of the molecule is Cc1[nH]c2c(F)ccc(C)c2c1CCCCC(=O)C1=CC2(C)C=C(C(=O)NCC(N)=O)C=CC2C(=N)C1. The number of amides is 2. The number of carbonyl (C=O) groups is 3. The van der Waals surface area contributed by atoms with E-state index in [9.17, 15) is 18.8 Å². The molecule has 194 valence electrons. The Bertz CT molecular complexity index is 1400. The van der Waals surface area contributed by atoms with Crippen LogP contribution in [-0.2, 0) is 20.8 Å². The van der Waals surface area contributed by atoms with E-state index in [4.69, 9.17) is 11.1 Å². The number of halogens is 1. The summed E-state index contributed by atoms with van der Waals surface area (Å²) in [5.74, 6) is -1.54. The Morgan fingerprint density at radius 1 is 1.22 bits per heavy atom. The van der Waals surface area contributed by atoms with Gasteiger partial charge in [0, 0.05) is 46.5 Å². The molecule has 2 unspecified atom stereocenters. The Morgan fingerprint density at radius 2 is 1.97 bits per heavy atom. The monoisotopic (exact) mass is 504 g/mol. The van der Waals surface area contributed by atoms with Gasteiger partial charge in [0.25, 0.3) is 5.91 Å². The highest BCUT2D eigenvalue weighted by Gasteiger charge is 2.39. The van der Waals surface area contributed by atoms with Gasteiger partial charge in [-0.15, -0.1) is 0 Å². The molecule has 5 N–H and O–H groups in total. The Labute approximate surface area is 215 Å². The maximum Gasteiger partial charge on any atom is 0.251 e. The molecule has 2 aliphatic carbocycles. The molecule has 0 saturated carbocycles. The van der Waals surface area contributed by atoms with Gasteiger partial charge in [0.05, 0.1) is 12.1 Å². The van der Waals surface area contributed by atoms with Gasteiger partial charge in [-0.3, -0.25) is 14.4 Å². The molecule has 4 rings (SSSR count). The number of nitrogens with two attached hydrogens (primary N) is 1. The lowest BCUT2D eigenvalue weighted by Gasteiger charge is -2.38. The zero-order valence-corrected chi connectivity index (χ0v) is 21.5. The van der Waals surface area contributed by atoms with Crippen LogP contribution in [0.3, 0.4) is 0 Å². The van der Waals surface area contributed by atoms with Gasteiger partial charge in [-0.2, -0.15) is 0 Å². The molecule has 0 radical (unpaired) electrons. The standard InChI is InChI=1S/C29H33FN4O3/c1-16-8-11-22(30)27-26(16)20(17(2)34-27)6-4-5-7-24(35)19-12-23(31)21-10-9-18(13-29(21,3)14-19)28(37)33-15-25(32)36/h8-11,13-14,21,31,34H,4-7,12,15H2,1-3H3,(H2,32,36)(H,33,37).